The number of benzene rings is 2. The Hall–Kier alpha value is -2.86. The fraction of sp³-hybridized carbons (Fsp3) is 0.222. The van der Waals surface area contributed by atoms with Gasteiger partial charge in [0.05, 0.1) is 0 Å². The minimum atomic E-state index is -0.898. The normalized spacial score (nSPS) is 12.8. The number of hydrogen-bond acceptors (Lipinski definition) is 5. The quantitative estimate of drug-likeness (QED) is 0.499. The molecular weight excluding hydrogens is 308 g/mol. The van der Waals surface area contributed by atoms with Crippen LogP contribution < -0.4 is 15.3 Å². The molecule has 2 N–H and O–H groups in total. The molecule has 0 spiro atoms. The van der Waals surface area contributed by atoms with Gasteiger partial charge >= 0.3 is 0 Å². The van der Waals surface area contributed by atoms with Gasteiger partial charge in [0.25, 0.3) is 11.8 Å². The zero-order valence-electron chi connectivity index (χ0n) is 13.6. The lowest BCUT2D eigenvalue weighted by Crippen LogP contribution is -2.52. The van der Waals surface area contributed by atoms with E-state index in [1.807, 2.05) is 12.1 Å². The summed E-state index contributed by atoms with van der Waals surface area (Å²) in [6.45, 7) is 3.07. The molecule has 0 aromatic heterocycles. The van der Waals surface area contributed by atoms with Crippen molar-refractivity contribution in [3.63, 3.8) is 0 Å². The smallest absolute Gasteiger partial charge is 0.284 e. The molecule has 2 aromatic carbocycles. The molecule has 0 radical (unpaired) electrons. The lowest BCUT2D eigenvalue weighted by molar-refractivity contribution is -0.153. The van der Waals surface area contributed by atoms with E-state index in [1.54, 1.807) is 48.5 Å². The van der Waals surface area contributed by atoms with Crippen LogP contribution >= 0.6 is 0 Å². The van der Waals surface area contributed by atoms with Crippen LogP contribution in [0.15, 0.2) is 60.7 Å². The van der Waals surface area contributed by atoms with E-state index in [2.05, 4.69) is 0 Å². The van der Waals surface area contributed by atoms with E-state index in [-0.39, 0.29) is 0 Å². The van der Waals surface area contributed by atoms with Crippen LogP contribution in [0.2, 0.25) is 0 Å². The number of nitrogens with zero attached hydrogens (tertiary/aromatic N) is 1. The van der Waals surface area contributed by atoms with Gasteiger partial charge < -0.3 is 9.47 Å². The Balaban J connectivity index is 1.94. The van der Waals surface area contributed by atoms with E-state index in [0.717, 1.165) is 0 Å². The number of rotatable bonds is 6. The maximum absolute atomic E-state index is 12.2. The Morgan fingerprint density at radius 3 is 1.46 bits per heavy atom. The average molecular weight is 328 g/mol. The fourth-order valence-electron chi connectivity index (χ4n) is 2.01. The number of hydrogen-bond donors (Lipinski definition) is 1. The molecule has 0 aliphatic rings. The largest absolute Gasteiger partial charge is 0.481 e. The number of carbonyl (C=O) groups is 2. The van der Waals surface area contributed by atoms with Gasteiger partial charge in [0.15, 0.2) is 12.2 Å². The van der Waals surface area contributed by atoms with Crippen molar-refractivity contribution in [3.8, 4) is 11.5 Å². The molecule has 0 aliphatic carbocycles. The number of para-hydroxylation sites is 2. The minimum absolute atomic E-state index is 0.521. The predicted molar refractivity (Wildman–Crippen MR) is 89.1 cm³/mol. The van der Waals surface area contributed by atoms with Gasteiger partial charge in [0.2, 0.25) is 0 Å². The molecule has 2 amide bonds. The van der Waals surface area contributed by atoms with E-state index < -0.39 is 24.0 Å². The number of carbonyl (C=O) groups excluding carboxylic acids is 2. The third-order valence-electron chi connectivity index (χ3n) is 3.28. The molecule has 2 aromatic rings. The van der Waals surface area contributed by atoms with Crippen molar-refractivity contribution in [2.45, 2.75) is 26.1 Å². The van der Waals surface area contributed by atoms with Crippen molar-refractivity contribution in [3.05, 3.63) is 60.7 Å². The van der Waals surface area contributed by atoms with E-state index in [9.17, 15) is 9.59 Å². The summed E-state index contributed by atoms with van der Waals surface area (Å²) in [6.07, 6.45) is -1.80. The summed E-state index contributed by atoms with van der Waals surface area (Å²) in [5, 5.41) is 0.543. The SMILES string of the molecule is CC(Oc1ccccc1)C(=O)N(N)C(=O)C(C)Oc1ccccc1. The van der Waals surface area contributed by atoms with Gasteiger partial charge in [-0.25, -0.2) is 10.9 Å². The van der Waals surface area contributed by atoms with Crippen molar-refractivity contribution in [2.75, 3.05) is 0 Å². The molecule has 0 saturated heterocycles. The highest BCUT2D eigenvalue weighted by molar-refractivity contribution is 5.98. The highest BCUT2D eigenvalue weighted by Crippen LogP contribution is 2.13. The van der Waals surface area contributed by atoms with Gasteiger partial charge in [-0.15, -0.1) is 0 Å². The summed E-state index contributed by atoms with van der Waals surface area (Å²) in [4.78, 5) is 24.5. The topological polar surface area (TPSA) is 81.9 Å². The molecule has 0 saturated carbocycles. The van der Waals surface area contributed by atoms with E-state index in [4.69, 9.17) is 15.3 Å². The van der Waals surface area contributed by atoms with Crippen molar-refractivity contribution in [1.29, 1.82) is 0 Å². The van der Waals surface area contributed by atoms with Crippen molar-refractivity contribution in [1.82, 2.24) is 5.01 Å². The summed E-state index contributed by atoms with van der Waals surface area (Å²) in [5.41, 5.74) is 0. The fourth-order valence-corrected chi connectivity index (χ4v) is 2.01. The van der Waals surface area contributed by atoms with Gasteiger partial charge in [-0.2, -0.15) is 0 Å². The summed E-state index contributed by atoms with van der Waals surface area (Å²) >= 11 is 0. The zero-order valence-corrected chi connectivity index (χ0v) is 13.6. The van der Waals surface area contributed by atoms with Crippen molar-refractivity contribution < 1.29 is 19.1 Å². The van der Waals surface area contributed by atoms with Crippen LogP contribution in [-0.2, 0) is 9.59 Å². The summed E-state index contributed by atoms with van der Waals surface area (Å²) in [7, 11) is 0. The van der Waals surface area contributed by atoms with Crippen LogP contribution in [0.3, 0.4) is 0 Å². The van der Waals surface area contributed by atoms with Crippen LogP contribution in [0, 0.1) is 0 Å². The molecule has 0 aliphatic heterocycles. The number of imide groups is 1. The first-order chi connectivity index (χ1) is 11.5. The van der Waals surface area contributed by atoms with E-state index >= 15 is 0 Å². The van der Waals surface area contributed by atoms with Crippen LogP contribution in [0.5, 0.6) is 11.5 Å². The lowest BCUT2D eigenvalue weighted by atomic mass is 10.3. The molecule has 6 nitrogen and oxygen atoms in total. The first kappa shape index (κ1) is 17.5. The standard InChI is InChI=1S/C18H20N2O4/c1-13(23-15-9-5-3-6-10-15)17(21)20(19)18(22)14(2)24-16-11-7-4-8-12-16/h3-14H,19H2,1-2H3. The van der Waals surface area contributed by atoms with Gasteiger partial charge in [-0.05, 0) is 38.1 Å². The minimum Gasteiger partial charge on any atom is -0.481 e. The Morgan fingerprint density at radius 2 is 1.12 bits per heavy atom. The lowest BCUT2D eigenvalue weighted by Gasteiger charge is -2.23. The number of ether oxygens (including phenoxy) is 2. The first-order valence-corrected chi connectivity index (χ1v) is 7.55. The Bertz CT molecular complexity index is 616. The molecule has 126 valence electrons. The zero-order chi connectivity index (χ0) is 17.5. The predicted octanol–water partition coefficient (Wildman–Crippen LogP) is 2.15. The van der Waals surface area contributed by atoms with Crippen LogP contribution in [0.25, 0.3) is 0 Å². The van der Waals surface area contributed by atoms with Gasteiger partial charge in [-0.1, -0.05) is 36.4 Å². The molecule has 0 heterocycles. The van der Waals surface area contributed by atoms with Gasteiger partial charge in [0.1, 0.15) is 11.5 Å². The highest BCUT2D eigenvalue weighted by atomic mass is 16.5. The van der Waals surface area contributed by atoms with Crippen LogP contribution in [0.4, 0.5) is 0 Å². The van der Waals surface area contributed by atoms with Crippen LogP contribution in [0.1, 0.15) is 13.8 Å². The molecule has 24 heavy (non-hydrogen) atoms. The molecule has 2 unspecified atom stereocenters. The van der Waals surface area contributed by atoms with Crippen LogP contribution in [-0.4, -0.2) is 29.0 Å². The molecule has 2 atom stereocenters. The van der Waals surface area contributed by atoms with Gasteiger partial charge in [-0.3, -0.25) is 9.59 Å². The highest BCUT2D eigenvalue weighted by Gasteiger charge is 2.29. The van der Waals surface area contributed by atoms with Gasteiger partial charge in [0, 0.05) is 0 Å². The third-order valence-corrected chi connectivity index (χ3v) is 3.28. The Labute approximate surface area is 140 Å². The van der Waals surface area contributed by atoms with E-state index in [1.165, 1.54) is 13.8 Å². The Morgan fingerprint density at radius 1 is 0.792 bits per heavy atom. The number of amides is 2. The number of hydrazine groups is 1. The second-order valence-corrected chi connectivity index (χ2v) is 5.19. The summed E-state index contributed by atoms with van der Waals surface area (Å²) in [6, 6.07) is 17.7. The second kappa shape index (κ2) is 8.12. The third kappa shape index (κ3) is 4.57. The average Bonchev–Trinajstić information content (AvgIpc) is 2.61. The summed E-state index contributed by atoms with van der Waals surface area (Å²) < 4.78 is 11.0. The molecule has 0 fully saturated rings. The first-order valence-electron chi connectivity index (χ1n) is 7.55. The maximum atomic E-state index is 12.2. The molecule has 6 heteroatoms. The Kier molecular flexibility index (Phi) is 5.92. The van der Waals surface area contributed by atoms with Crippen molar-refractivity contribution >= 4 is 11.8 Å². The molecular formula is C18H20N2O4. The summed E-state index contributed by atoms with van der Waals surface area (Å²) in [5.74, 6) is 5.39. The molecule has 2 rings (SSSR count). The molecule has 0 bridgehead atoms. The van der Waals surface area contributed by atoms with E-state index in [0.29, 0.717) is 16.5 Å². The second-order valence-electron chi connectivity index (χ2n) is 5.19. The monoisotopic (exact) mass is 328 g/mol. The maximum Gasteiger partial charge on any atom is 0.284 e. The number of nitrogens with two attached hydrogens (primary N) is 1. The van der Waals surface area contributed by atoms with Crippen molar-refractivity contribution in [2.24, 2.45) is 5.84 Å².